The van der Waals surface area contributed by atoms with Crippen molar-refractivity contribution in [2.75, 3.05) is 19.6 Å². The number of H-pyrrole nitrogens is 1. The number of nitrogens with zero attached hydrogens (tertiary/aromatic N) is 2. The molecule has 3 aromatic rings. The number of aromatic nitrogens is 2. The Morgan fingerprint density at radius 3 is 2.78 bits per heavy atom. The van der Waals surface area contributed by atoms with Crippen LogP contribution in [0.25, 0.3) is 10.9 Å². The number of benzene rings is 1. The third-order valence-electron chi connectivity index (χ3n) is 4.40. The molecule has 0 unspecified atom stereocenters. The molecule has 144 valence electrons. The predicted octanol–water partition coefficient (Wildman–Crippen LogP) is 3.83. The van der Waals surface area contributed by atoms with Crippen LogP contribution in [-0.2, 0) is 12.8 Å². The van der Waals surface area contributed by atoms with Crippen LogP contribution in [0.15, 0.2) is 53.8 Å². The fourth-order valence-electron chi connectivity index (χ4n) is 3.06. The fourth-order valence-corrected chi connectivity index (χ4v) is 3.06. The molecule has 0 aliphatic carbocycles. The Balaban J connectivity index is 0.00000261. The molecule has 0 fully saturated rings. The zero-order valence-electron chi connectivity index (χ0n) is 16.0. The van der Waals surface area contributed by atoms with Crippen molar-refractivity contribution >= 4 is 40.8 Å². The van der Waals surface area contributed by atoms with Gasteiger partial charge >= 0.3 is 0 Å². The van der Waals surface area contributed by atoms with Crippen LogP contribution in [-0.4, -0.2) is 35.6 Å². The number of hydrogen-bond acceptors (Lipinski definition) is 2. The van der Waals surface area contributed by atoms with E-state index in [4.69, 9.17) is 0 Å². The first kappa shape index (κ1) is 21.2. The topological polar surface area (TPSA) is 65.1 Å². The molecule has 6 heteroatoms. The van der Waals surface area contributed by atoms with Crippen molar-refractivity contribution in [2.24, 2.45) is 4.99 Å². The van der Waals surface area contributed by atoms with Gasteiger partial charge in [-0.1, -0.05) is 24.3 Å². The van der Waals surface area contributed by atoms with Crippen LogP contribution in [0.5, 0.6) is 0 Å². The summed E-state index contributed by atoms with van der Waals surface area (Å²) in [6.45, 7) is 6.63. The summed E-state index contributed by atoms with van der Waals surface area (Å²) in [4.78, 5) is 12.4. The van der Waals surface area contributed by atoms with Gasteiger partial charge in [-0.15, -0.1) is 24.0 Å². The van der Waals surface area contributed by atoms with E-state index in [9.17, 15) is 0 Å². The third-order valence-corrected chi connectivity index (χ3v) is 4.40. The maximum Gasteiger partial charge on any atom is 0.191 e. The van der Waals surface area contributed by atoms with E-state index in [1.807, 2.05) is 24.4 Å². The molecule has 0 saturated carbocycles. The second kappa shape index (κ2) is 10.9. The molecular weight excluding hydrogens is 449 g/mol. The highest BCUT2D eigenvalue weighted by Gasteiger charge is 2.05. The summed E-state index contributed by atoms with van der Waals surface area (Å²) in [6, 6.07) is 12.4. The van der Waals surface area contributed by atoms with Crippen LogP contribution in [0.3, 0.4) is 0 Å². The lowest BCUT2D eigenvalue weighted by atomic mass is 10.1. The summed E-state index contributed by atoms with van der Waals surface area (Å²) in [5, 5.41) is 8.04. The number of fused-ring (bicyclic) bond motifs is 1. The zero-order valence-corrected chi connectivity index (χ0v) is 18.3. The molecule has 0 aliphatic rings. The quantitative estimate of drug-likeness (QED) is 0.275. The van der Waals surface area contributed by atoms with Gasteiger partial charge in [0.05, 0.1) is 0 Å². The number of pyridine rings is 1. The second-order valence-electron chi connectivity index (χ2n) is 6.32. The lowest BCUT2D eigenvalue weighted by molar-refractivity contribution is 0.796. The van der Waals surface area contributed by atoms with E-state index in [-0.39, 0.29) is 24.0 Å². The van der Waals surface area contributed by atoms with Crippen molar-refractivity contribution in [3.63, 3.8) is 0 Å². The molecule has 3 N–H and O–H groups in total. The van der Waals surface area contributed by atoms with Crippen LogP contribution in [0.4, 0.5) is 0 Å². The number of halogens is 1. The minimum atomic E-state index is 0. The van der Waals surface area contributed by atoms with E-state index in [0.717, 1.165) is 44.1 Å². The van der Waals surface area contributed by atoms with Gasteiger partial charge in [-0.3, -0.25) is 9.98 Å². The van der Waals surface area contributed by atoms with Gasteiger partial charge in [0.25, 0.3) is 0 Å². The maximum absolute atomic E-state index is 4.65. The Morgan fingerprint density at radius 2 is 2.00 bits per heavy atom. The maximum atomic E-state index is 4.65. The van der Waals surface area contributed by atoms with Gasteiger partial charge in [0.1, 0.15) is 0 Å². The summed E-state index contributed by atoms with van der Waals surface area (Å²) in [5.41, 5.74) is 4.92. The fraction of sp³-hybridized carbons (Fsp3) is 0.333. The molecule has 2 aromatic heterocycles. The molecule has 1 aromatic carbocycles. The molecule has 2 heterocycles. The molecule has 0 radical (unpaired) electrons. The molecular formula is C21H28IN5. The van der Waals surface area contributed by atoms with Crippen molar-refractivity contribution in [3.8, 4) is 0 Å². The average molecular weight is 477 g/mol. The van der Waals surface area contributed by atoms with E-state index in [2.05, 4.69) is 63.8 Å². The smallest absolute Gasteiger partial charge is 0.191 e. The van der Waals surface area contributed by atoms with E-state index < -0.39 is 0 Å². The highest BCUT2D eigenvalue weighted by atomic mass is 127. The summed E-state index contributed by atoms with van der Waals surface area (Å²) in [6.07, 6.45) is 5.74. The molecule has 0 spiro atoms. The number of hydrogen-bond donors (Lipinski definition) is 3. The van der Waals surface area contributed by atoms with Gasteiger partial charge in [0, 0.05) is 55.0 Å². The van der Waals surface area contributed by atoms with Gasteiger partial charge in [-0.25, -0.2) is 0 Å². The number of para-hydroxylation sites is 1. The molecule has 3 rings (SSSR count). The van der Waals surface area contributed by atoms with Gasteiger partial charge < -0.3 is 15.6 Å². The van der Waals surface area contributed by atoms with Crippen molar-refractivity contribution in [1.82, 2.24) is 20.6 Å². The highest BCUT2D eigenvalue weighted by molar-refractivity contribution is 14.0. The van der Waals surface area contributed by atoms with E-state index in [1.165, 1.54) is 22.0 Å². The van der Waals surface area contributed by atoms with E-state index in [1.54, 1.807) is 0 Å². The second-order valence-corrected chi connectivity index (χ2v) is 6.32. The Morgan fingerprint density at radius 1 is 1.11 bits per heavy atom. The number of aryl methyl sites for hydroxylation is 1. The number of nitrogens with one attached hydrogen (secondary N) is 3. The Hall–Kier alpha value is -2.09. The van der Waals surface area contributed by atoms with Gasteiger partial charge in [-0.05, 0) is 43.5 Å². The first-order chi connectivity index (χ1) is 12.8. The van der Waals surface area contributed by atoms with Gasteiger partial charge in [-0.2, -0.15) is 0 Å². The summed E-state index contributed by atoms with van der Waals surface area (Å²) in [5.74, 6) is 0.861. The van der Waals surface area contributed by atoms with Crippen LogP contribution in [0, 0.1) is 6.92 Å². The van der Waals surface area contributed by atoms with Crippen LogP contribution in [0.2, 0.25) is 0 Å². The van der Waals surface area contributed by atoms with Crippen LogP contribution in [0.1, 0.15) is 23.7 Å². The molecule has 5 nitrogen and oxygen atoms in total. The molecule has 27 heavy (non-hydrogen) atoms. The van der Waals surface area contributed by atoms with Crippen LogP contribution >= 0.6 is 24.0 Å². The first-order valence-electron chi connectivity index (χ1n) is 9.25. The largest absolute Gasteiger partial charge is 0.361 e. The third kappa shape index (κ3) is 5.95. The van der Waals surface area contributed by atoms with Crippen molar-refractivity contribution in [2.45, 2.75) is 26.7 Å². The highest BCUT2D eigenvalue weighted by Crippen LogP contribution is 2.21. The summed E-state index contributed by atoms with van der Waals surface area (Å²) >= 11 is 0. The average Bonchev–Trinajstić information content (AvgIpc) is 3.07. The molecule has 0 amide bonds. The van der Waals surface area contributed by atoms with E-state index >= 15 is 0 Å². The number of aliphatic imine (C=N–C) groups is 1. The SMILES string of the molecule is CCNC(=NCCc1ccccn1)NCCc1c[nH]c2c(C)cccc12.I. The molecule has 0 aliphatic heterocycles. The minimum absolute atomic E-state index is 0. The molecule has 0 atom stereocenters. The Bertz CT molecular complexity index is 857. The number of aromatic amines is 1. The van der Waals surface area contributed by atoms with E-state index in [0.29, 0.717) is 0 Å². The van der Waals surface area contributed by atoms with Crippen molar-refractivity contribution in [1.29, 1.82) is 0 Å². The normalized spacial score (nSPS) is 11.3. The zero-order chi connectivity index (χ0) is 18.2. The minimum Gasteiger partial charge on any atom is -0.361 e. The van der Waals surface area contributed by atoms with Crippen LogP contribution < -0.4 is 10.6 Å². The van der Waals surface area contributed by atoms with Gasteiger partial charge in [0.2, 0.25) is 0 Å². The monoisotopic (exact) mass is 477 g/mol. The Kier molecular flexibility index (Phi) is 8.57. The number of rotatable bonds is 7. The lowest BCUT2D eigenvalue weighted by Crippen LogP contribution is -2.38. The van der Waals surface area contributed by atoms with Crippen molar-refractivity contribution in [3.05, 3.63) is 65.6 Å². The summed E-state index contributed by atoms with van der Waals surface area (Å²) in [7, 11) is 0. The predicted molar refractivity (Wildman–Crippen MR) is 124 cm³/mol. The first-order valence-corrected chi connectivity index (χ1v) is 9.25. The van der Waals surface area contributed by atoms with Crippen molar-refractivity contribution < 1.29 is 0 Å². The molecule has 0 bridgehead atoms. The summed E-state index contributed by atoms with van der Waals surface area (Å²) < 4.78 is 0. The molecule has 0 saturated heterocycles. The van der Waals surface area contributed by atoms with Gasteiger partial charge in [0.15, 0.2) is 5.96 Å². The Labute approximate surface area is 178 Å². The number of guanidine groups is 1. The standard InChI is InChI=1S/C21H27N5.HI/c1-3-22-21(25-14-11-18-8-4-5-12-23-18)24-13-10-17-15-26-20-16(2)7-6-9-19(17)20;/h4-9,12,15,26H,3,10-11,13-14H2,1-2H3,(H2,22,24,25);1H. The lowest BCUT2D eigenvalue weighted by Gasteiger charge is -2.11.